The van der Waals surface area contributed by atoms with E-state index in [9.17, 15) is 0 Å². The summed E-state index contributed by atoms with van der Waals surface area (Å²) < 4.78 is 6.47. The second-order valence-electron chi connectivity index (χ2n) is 2.71. The van der Waals surface area contributed by atoms with Gasteiger partial charge < -0.3 is 4.74 Å². The van der Waals surface area contributed by atoms with Gasteiger partial charge in [-0.2, -0.15) is 0 Å². The molecule has 0 amide bonds. The van der Waals surface area contributed by atoms with E-state index in [2.05, 4.69) is 27.6 Å². The molecule has 14 heavy (non-hydrogen) atoms. The largest absolute Gasteiger partial charge is 0.439 e. The van der Waals surface area contributed by atoms with Crippen LogP contribution in [0.3, 0.4) is 0 Å². The summed E-state index contributed by atoms with van der Waals surface area (Å²) >= 11 is 2.16. The third-order valence-corrected chi connectivity index (χ3v) is 2.26. The van der Waals surface area contributed by atoms with Crippen LogP contribution >= 0.6 is 22.6 Å². The monoisotopic (exact) mass is 297 g/mol. The number of halogens is 1. The Morgan fingerprint density at radius 2 is 1.71 bits per heavy atom. The van der Waals surface area contributed by atoms with E-state index in [4.69, 9.17) is 4.74 Å². The predicted octanol–water partition coefficient (Wildman–Crippen LogP) is 3.48. The van der Waals surface area contributed by atoms with Gasteiger partial charge in [0, 0.05) is 6.07 Å². The average Bonchev–Trinajstić information content (AvgIpc) is 2.19. The zero-order valence-electron chi connectivity index (χ0n) is 7.35. The maximum absolute atomic E-state index is 5.54. The van der Waals surface area contributed by atoms with Crippen molar-refractivity contribution in [3.8, 4) is 11.6 Å². The molecule has 0 aliphatic heterocycles. The highest BCUT2D eigenvalue weighted by molar-refractivity contribution is 14.1. The number of nitrogens with zero attached hydrogens (tertiary/aromatic N) is 1. The van der Waals surface area contributed by atoms with Gasteiger partial charge in [-0.3, -0.25) is 0 Å². The molecule has 1 aromatic carbocycles. The number of benzene rings is 1. The van der Waals surface area contributed by atoms with Crippen molar-refractivity contribution in [2.45, 2.75) is 0 Å². The summed E-state index contributed by atoms with van der Waals surface area (Å²) in [5.74, 6) is 1.44. The Kier molecular flexibility index (Phi) is 2.98. The minimum Gasteiger partial charge on any atom is -0.439 e. The summed E-state index contributed by atoms with van der Waals surface area (Å²) in [4.78, 5) is 4.23. The van der Waals surface area contributed by atoms with Gasteiger partial charge in [0.15, 0.2) is 0 Å². The number of ether oxygens (including phenoxy) is 1. The molecule has 1 aromatic heterocycles. The lowest BCUT2D eigenvalue weighted by Crippen LogP contribution is -1.88. The van der Waals surface area contributed by atoms with Crippen molar-refractivity contribution in [3.63, 3.8) is 0 Å². The molecular formula is C11H8INO. The van der Waals surface area contributed by atoms with Crippen LogP contribution in [0.4, 0.5) is 0 Å². The van der Waals surface area contributed by atoms with Crippen LogP contribution in [0.5, 0.6) is 11.6 Å². The molecular weight excluding hydrogens is 289 g/mol. The topological polar surface area (TPSA) is 22.1 Å². The smallest absolute Gasteiger partial charge is 0.220 e. The summed E-state index contributed by atoms with van der Waals surface area (Å²) in [6.45, 7) is 0. The molecule has 2 aromatic rings. The number of rotatable bonds is 2. The van der Waals surface area contributed by atoms with Crippen molar-refractivity contribution in [2.75, 3.05) is 0 Å². The average molecular weight is 297 g/mol. The molecule has 0 radical (unpaired) electrons. The number of aromatic nitrogens is 1. The van der Waals surface area contributed by atoms with E-state index in [1.54, 1.807) is 0 Å². The summed E-state index contributed by atoms with van der Waals surface area (Å²) in [5.41, 5.74) is 0. The lowest BCUT2D eigenvalue weighted by atomic mass is 10.3. The van der Waals surface area contributed by atoms with Gasteiger partial charge >= 0.3 is 0 Å². The zero-order chi connectivity index (χ0) is 9.80. The van der Waals surface area contributed by atoms with Crippen LogP contribution in [-0.4, -0.2) is 4.98 Å². The minimum atomic E-state index is 0.628. The van der Waals surface area contributed by atoms with Gasteiger partial charge in [0.2, 0.25) is 5.88 Å². The van der Waals surface area contributed by atoms with Gasteiger partial charge in [0.25, 0.3) is 0 Å². The molecule has 2 rings (SSSR count). The normalized spacial score (nSPS) is 9.79. The number of para-hydroxylation sites is 1. The Labute approximate surface area is 96.1 Å². The molecule has 0 aliphatic carbocycles. The van der Waals surface area contributed by atoms with E-state index in [0.29, 0.717) is 5.88 Å². The molecule has 0 spiro atoms. The number of pyridine rings is 1. The first-order valence-corrected chi connectivity index (χ1v) is 5.28. The Morgan fingerprint density at radius 1 is 0.929 bits per heavy atom. The molecule has 0 saturated carbocycles. The molecule has 0 N–H and O–H groups in total. The second-order valence-corrected chi connectivity index (χ2v) is 3.82. The SMILES string of the molecule is Ic1cccc(Oc2ccccc2)n1. The van der Waals surface area contributed by atoms with Crippen molar-refractivity contribution in [1.29, 1.82) is 0 Å². The third-order valence-electron chi connectivity index (χ3n) is 1.66. The first-order valence-electron chi connectivity index (χ1n) is 4.20. The van der Waals surface area contributed by atoms with E-state index in [0.717, 1.165) is 9.45 Å². The molecule has 0 bridgehead atoms. The van der Waals surface area contributed by atoms with Gasteiger partial charge in [-0.15, -0.1) is 0 Å². The Morgan fingerprint density at radius 3 is 2.43 bits per heavy atom. The fraction of sp³-hybridized carbons (Fsp3) is 0. The third kappa shape index (κ3) is 2.45. The Balaban J connectivity index is 2.19. The summed E-state index contributed by atoms with van der Waals surface area (Å²) in [6, 6.07) is 15.3. The van der Waals surface area contributed by atoms with Crippen molar-refractivity contribution >= 4 is 22.6 Å². The highest BCUT2D eigenvalue weighted by Crippen LogP contribution is 2.18. The highest BCUT2D eigenvalue weighted by atomic mass is 127. The predicted molar refractivity (Wildman–Crippen MR) is 63.5 cm³/mol. The van der Waals surface area contributed by atoms with Gasteiger partial charge in [0.1, 0.15) is 9.45 Å². The lowest BCUT2D eigenvalue weighted by Gasteiger charge is -2.03. The maximum Gasteiger partial charge on any atom is 0.220 e. The van der Waals surface area contributed by atoms with Crippen LogP contribution in [0.15, 0.2) is 48.5 Å². The Hall–Kier alpha value is -1.10. The first-order chi connectivity index (χ1) is 6.84. The molecule has 0 atom stereocenters. The van der Waals surface area contributed by atoms with E-state index in [1.165, 1.54) is 0 Å². The molecule has 0 saturated heterocycles. The van der Waals surface area contributed by atoms with Crippen molar-refractivity contribution in [3.05, 3.63) is 52.2 Å². The van der Waals surface area contributed by atoms with Crippen LogP contribution < -0.4 is 4.74 Å². The van der Waals surface area contributed by atoms with E-state index < -0.39 is 0 Å². The molecule has 0 fully saturated rings. The molecule has 0 unspecified atom stereocenters. The Bertz CT molecular complexity index is 417. The molecule has 70 valence electrons. The zero-order valence-corrected chi connectivity index (χ0v) is 9.51. The van der Waals surface area contributed by atoms with Gasteiger partial charge in [0.05, 0.1) is 0 Å². The van der Waals surface area contributed by atoms with Crippen LogP contribution in [-0.2, 0) is 0 Å². The fourth-order valence-corrected chi connectivity index (χ4v) is 1.50. The summed E-state index contributed by atoms with van der Waals surface area (Å²) in [6.07, 6.45) is 0. The quantitative estimate of drug-likeness (QED) is 0.625. The highest BCUT2D eigenvalue weighted by Gasteiger charge is 1.97. The molecule has 0 aliphatic rings. The fourth-order valence-electron chi connectivity index (χ4n) is 1.06. The summed E-state index contributed by atoms with van der Waals surface area (Å²) in [5, 5.41) is 0. The minimum absolute atomic E-state index is 0.628. The van der Waals surface area contributed by atoms with Crippen molar-refractivity contribution < 1.29 is 4.74 Å². The maximum atomic E-state index is 5.54. The van der Waals surface area contributed by atoms with Gasteiger partial charge in [-0.25, -0.2) is 4.98 Å². The lowest BCUT2D eigenvalue weighted by molar-refractivity contribution is 0.462. The first kappa shape index (κ1) is 9.45. The van der Waals surface area contributed by atoms with E-state index in [-0.39, 0.29) is 0 Å². The van der Waals surface area contributed by atoms with Crippen LogP contribution in [0.2, 0.25) is 0 Å². The van der Waals surface area contributed by atoms with E-state index >= 15 is 0 Å². The molecule has 3 heteroatoms. The van der Waals surface area contributed by atoms with Crippen molar-refractivity contribution in [1.82, 2.24) is 4.98 Å². The van der Waals surface area contributed by atoms with Crippen LogP contribution in [0.25, 0.3) is 0 Å². The molecule has 1 heterocycles. The second kappa shape index (κ2) is 4.41. The van der Waals surface area contributed by atoms with Crippen LogP contribution in [0.1, 0.15) is 0 Å². The molecule has 2 nitrogen and oxygen atoms in total. The van der Waals surface area contributed by atoms with Gasteiger partial charge in [-0.05, 0) is 40.8 Å². The van der Waals surface area contributed by atoms with Crippen molar-refractivity contribution in [2.24, 2.45) is 0 Å². The number of hydrogen-bond donors (Lipinski definition) is 0. The van der Waals surface area contributed by atoms with Gasteiger partial charge in [-0.1, -0.05) is 24.3 Å². The standard InChI is InChI=1S/C11H8INO/c12-10-7-4-8-11(13-10)14-9-5-2-1-3-6-9/h1-8H. The van der Waals surface area contributed by atoms with Crippen LogP contribution in [0, 0.1) is 3.70 Å². The van der Waals surface area contributed by atoms with E-state index in [1.807, 2.05) is 48.5 Å². The summed E-state index contributed by atoms with van der Waals surface area (Å²) in [7, 11) is 0. The number of hydrogen-bond acceptors (Lipinski definition) is 2.